The fourth-order valence-electron chi connectivity index (χ4n) is 4.43. The van der Waals surface area contributed by atoms with Gasteiger partial charge in [-0.15, -0.1) is 0 Å². The summed E-state index contributed by atoms with van der Waals surface area (Å²) >= 11 is 0. The highest BCUT2D eigenvalue weighted by Crippen LogP contribution is 2.44. The van der Waals surface area contributed by atoms with Gasteiger partial charge in [-0.1, -0.05) is 48.5 Å². The Morgan fingerprint density at radius 2 is 1.68 bits per heavy atom. The minimum atomic E-state index is -0.959. The zero-order chi connectivity index (χ0) is 24.1. The molecule has 4 rings (SSSR count). The van der Waals surface area contributed by atoms with Crippen molar-refractivity contribution < 1.29 is 29.0 Å². The normalized spacial score (nSPS) is 15.2. The molecule has 1 atom stereocenters. The number of benzene rings is 2. The van der Waals surface area contributed by atoms with Gasteiger partial charge in [0.05, 0.1) is 13.0 Å². The van der Waals surface area contributed by atoms with E-state index in [9.17, 15) is 14.4 Å². The Morgan fingerprint density at radius 1 is 1.06 bits per heavy atom. The number of fused-ring (bicyclic) bond motifs is 3. The molecule has 2 aromatic rings. The van der Waals surface area contributed by atoms with Gasteiger partial charge in [-0.3, -0.25) is 9.59 Å². The molecule has 1 unspecified atom stereocenters. The number of aliphatic carboxylic acids is 1. The summed E-state index contributed by atoms with van der Waals surface area (Å²) < 4.78 is 10.8. The number of carbonyl (C=O) groups is 3. The molecule has 0 radical (unpaired) electrons. The lowest BCUT2D eigenvalue weighted by Crippen LogP contribution is -2.47. The van der Waals surface area contributed by atoms with Crippen LogP contribution in [0.15, 0.2) is 48.5 Å². The molecule has 2 aliphatic carbocycles. The fraction of sp³-hybridized carbons (Fsp3) is 0.423. The van der Waals surface area contributed by atoms with E-state index in [-0.39, 0.29) is 37.9 Å². The molecule has 1 saturated carbocycles. The van der Waals surface area contributed by atoms with Crippen LogP contribution in [0.25, 0.3) is 11.1 Å². The summed E-state index contributed by atoms with van der Waals surface area (Å²) in [6.07, 6.45) is 0.400. The molecule has 0 saturated heterocycles. The molecule has 180 valence electrons. The van der Waals surface area contributed by atoms with Crippen molar-refractivity contribution in [3.05, 3.63) is 59.7 Å². The second-order valence-corrected chi connectivity index (χ2v) is 8.80. The molecule has 8 heteroatoms. The van der Waals surface area contributed by atoms with Crippen molar-refractivity contribution in [1.29, 1.82) is 0 Å². The molecule has 34 heavy (non-hydrogen) atoms. The van der Waals surface area contributed by atoms with E-state index < -0.39 is 18.2 Å². The highest BCUT2D eigenvalue weighted by atomic mass is 16.5. The van der Waals surface area contributed by atoms with Crippen LogP contribution in [0.1, 0.15) is 36.3 Å². The van der Waals surface area contributed by atoms with Crippen LogP contribution in [0.4, 0.5) is 4.79 Å². The van der Waals surface area contributed by atoms with Crippen molar-refractivity contribution in [1.82, 2.24) is 10.2 Å². The summed E-state index contributed by atoms with van der Waals surface area (Å²) in [6.45, 7) is 0.754. The predicted molar refractivity (Wildman–Crippen MR) is 125 cm³/mol. The summed E-state index contributed by atoms with van der Waals surface area (Å²) in [7, 11) is 1.40. The molecule has 8 nitrogen and oxygen atoms in total. The van der Waals surface area contributed by atoms with Crippen LogP contribution >= 0.6 is 0 Å². The molecular formula is C26H30N2O6. The van der Waals surface area contributed by atoms with E-state index in [0.29, 0.717) is 12.5 Å². The predicted octanol–water partition coefficient (Wildman–Crippen LogP) is 3.25. The standard InChI is InChI=1S/C26H30N2O6/c1-33-23(25(31)28(13-12-24(29)30)15-17-10-11-17)14-27-26(32)34-16-22-20-8-4-2-6-18(20)19-7-3-5-9-21(19)22/h2-9,17,22-23H,10-16H2,1H3,(H,27,32)(H,29,30). The van der Waals surface area contributed by atoms with Gasteiger partial charge in [0.2, 0.25) is 0 Å². The van der Waals surface area contributed by atoms with Crippen LogP contribution in [-0.4, -0.2) is 67.4 Å². The monoisotopic (exact) mass is 466 g/mol. The van der Waals surface area contributed by atoms with E-state index in [4.69, 9.17) is 14.6 Å². The largest absolute Gasteiger partial charge is 0.481 e. The fourth-order valence-corrected chi connectivity index (χ4v) is 4.43. The molecule has 0 aliphatic heterocycles. The molecule has 2 N–H and O–H groups in total. The van der Waals surface area contributed by atoms with Gasteiger partial charge in [-0.25, -0.2) is 4.79 Å². The second kappa shape index (κ2) is 10.7. The maximum Gasteiger partial charge on any atom is 0.407 e. The maximum atomic E-state index is 12.9. The van der Waals surface area contributed by atoms with Gasteiger partial charge in [0.25, 0.3) is 5.91 Å². The first-order chi connectivity index (χ1) is 16.5. The number of carbonyl (C=O) groups excluding carboxylic acids is 2. The van der Waals surface area contributed by atoms with Crippen LogP contribution in [0, 0.1) is 5.92 Å². The number of carboxylic acids is 1. The average molecular weight is 467 g/mol. The van der Waals surface area contributed by atoms with Gasteiger partial charge in [0.1, 0.15) is 6.61 Å². The van der Waals surface area contributed by atoms with Crippen molar-refractivity contribution in [2.45, 2.75) is 31.3 Å². The lowest BCUT2D eigenvalue weighted by molar-refractivity contribution is -0.143. The van der Waals surface area contributed by atoms with E-state index >= 15 is 0 Å². The Bertz CT molecular complexity index is 1010. The molecule has 0 spiro atoms. The summed E-state index contributed by atoms with van der Waals surface area (Å²) in [5, 5.41) is 11.6. The van der Waals surface area contributed by atoms with E-state index in [1.165, 1.54) is 12.0 Å². The van der Waals surface area contributed by atoms with Crippen molar-refractivity contribution in [2.24, 2.45) is 5.92 Å². The first-order valence-corrected chi connectivity index (χ1v) is 11.6. The minimum Gasteiger partial charge on any atom is -0.481 e. The van der Waals surface area contributed by atoms with Crippen LogP contribution < -0.4 is 5.32 Å². The van der Waals surface area contributed by atoms with E-state index in [2.05, 4.69) is 17.4 Å². The Balaban J connectivity index is 1.32. The van der Waals surface area contributed by atoms with Crippen molar-refractivity contribution in [3.63, 3.8) is 0 Å². The number of nitrogens with zero attached hydrogens (tertiary/aromatic N) is 1. The highest BCUT2D eigenvalue weighted by molar-refractivity contribution is 5.82. The molecule has 2 amide bonds. The number of nitrogens with one attached hydrogen (secondary N) is 1. The van der Waals surface area contributed by atoms with E-state index in [1.807, 2.05) is 36.4 Å². The lowest BCUT2D eigenvalue weighted by Gasteiger charge is -2.26. The molecule has 0 heterocycles. The number of ether oxygens (including phenoxy) is 2. The number of hydrogen-bond acceptors (Lipinski definition) is 5. The Hall–Kier alpha value is -3.39. The molecule has 0 bridgehead atoms. The van der Waals surface area contributed by atoms with Gasteiger partial charge in [0.15, 0.2) is 6.10 Å². The zero-order valence-electron chi connectivity index (χ0n) is 19.2. The summed E-state index contributed by atoms with van der Waals surface area (Å²) in [5.74, 6) is -0.928. The Labute approximate surface area is 198 Å². The summed E-state index contributed by atoms with van der Waals surface area (Å²) in [4.78, 5) is 37.9. The first kappa shape index (κ1) is 23.8. The number of carboxylic acid groups (broad SMARTS) is 1. The third kappa shape index (κ3) is 5.56. The number of methoxy groups -OCH3 is 1. The van der Waals surface area contributed by atoms with Crippen molar-refractivity contribution in [3.8, 4) is 11.1 Å². The SMILES string of the molecule is COC(CNC(=O)OCC1c2ccccc2-c2ccccc21)C(=O)N(CCC(=O)O)CC1CC1. The van der Waals surface area contributed by atoms with Gasteiger partial charge in [-0.2, -0.15) is 0 Å². The average Bonchev–Trinajstić information content (AvgIpc) is 3.61. The van der Waals surface area contributed by atoms with E-state index in [0.717, 1.165) is 35.1 Å². The smallest absolute Gasteiger partial charge is 0.407 e. The number of hydrogen-bond donors (Lipinski definition) is 2. The Kier molecular flexibility index (Phi) is 7.47. The van der Waals surface area contributed by atoms with Gasteiger partial charge in [0, 0.05) is 26.1 Å². The maximum absolute atomic E-state index is 12.9. The van der Waals surface area contributed by atoms with Gasteiger partial charge >= 0.3 is 12.1 Å². The molecule has 1 fully saturated rings. The second-order valence-electron chi connectivity index (χ2n) is 8.80. The van der Waals surface area contributed by atoms with Crippen molar-refractivity contribution >= 4 is 18.0 Å². The zero-order valence-corrected chi connectivity index (χ0v) is 19.2. The quantitative estimate of drug-likeness (QED) is 0.527. The number of rotatable bonds is 11. The molecule has 2 aliphatic rings. The number of alkyl carbamates (subject to hydrolysis) is 1. The van der Waals surface area contributed by atoms with Gasteiger partial charge in [-0.05, 0) is 41.0 Å². The first-order valence-electron chi connectivity index (χ1n) is 11.6. The van der Waals surface area contributed by atoms with Crippen LogP contribution in [0.2, 0.25) is 0 Å². The Morgan fingerprint density at radius 3 is 2.24 bits per heavy atom. The highest BCUT2D eigenvalue weighted by Gasteiger charge is 2.32. The summed E-state index contributed by atoms with van der Waals surface area (Å²) in [5.41, 5.74) is 4.54. The van der Waals surface area contributed by atoms with Crippen LogP contribution in [0.5, 0.6) is 0 Å². The van der Waals surface area contributed by atoms with Crippen molar-refractivity contribution in [2.75, 3.05) is 33.4 Å². The lowest BCUT2D eigenvalue weighted by atomic mass is 9.98. The number of amides is 2. The molecule has 0 aromatic heterocycles. The minimum absolute atomic E-state index is 0.0527. The van der Waals surface area contributed by atoms with Crippen LogP contribution in [0.3, 0.4) is 0 Å². The van der Waals surface area contributed by atoms with Crippen LogP contribution in [-0.2, 0) is 19.1 Å². The molecular weight excluding hydrogens is 436 g/mol. The third-order valence-electron chi connectivity index (χ3n) is 6.42. The third-order valence-corrected chi connectivity index (χ3v) is 6.42. The van der Waals surface area contributed by atoms with Gasteiger partial charge < -0.3 is 24.8 Å². The summed E-state index contributed by atoms with van der Waals surface area (Å²) in [6, 6.07) is 16.2. The van der Waals surface area contributed by atoms with E-state index in [1.54, 1.807) is 0 Å². The topological polar surface area (TPSA) is 105 Å². The molecule has 2 aromatic carbocycles.